The van der Waals surface area contributed by atoms with Crippen LogP contribution in [0.15, 0.2) is 78.9 Å². The molecule has 0 aliphatic carbocycles. The predicted octanol–water partition coefficient (Wildman–Crippen LogP) is 6.43. The van der Waals surface area contributed by atoms with Crippen LogP contribution in [0.3, 0.4) is 0 Å². The van der Waals surface area contributed by atoms with Crippen molar-refractivity contribution in [1.82, 2.24) is 14.8 Å². The molecule has 4 aromatic rings. The van der Waals surface area contributed by atoms with Crippen LogP contribution >= 0.6 is 0 Å². The summed E-state index contributed by atoms with van der Waals surface area (Å²) in [7, 11) is 0. The number of amides is 1. The number of likely N-dealkylation sites (tertiary alicyclic amines) is 1. The van der Waals surface area contributed by atoms with Gasteiger partial charge in [0.25, 0.3) is 5.91 Å². The highest BCUT2D eigenvalue weighted by atomic mass is 16.5. The molecule has 192 valence electrons. The molecule has 1 aliphatic heterocycles. The Morgan fingerprint density at radius 1 is 1.03 bits per heavy atom. The zero-order valence-corrected chi connectivity index (χ0v) is 22.0. The van der Waals surface area contributed by atoms with Crippen molar-refractivity contribution >= 4 is 16.8 Å². The zero-order valence-electron chi connectivity index (χ0n) is 22.0. The van der Waals surface area contributed by atoms with Gasteiger partial charge in [0.2, 0.25) is 0 Å². The van der Waals surface area contributed by atoms with E-state index in [9.17, 15) is 4.79 Å². The van der Waals surface area contributed by atoms with Gasteiger partial charge in [0, 0.05) is 37.1 Å². The third-order valence-electron chi connectivity index (χ3n) is 7.35. The van der Waals surface area contributed by atoms with Crippen LogP contribution in [0.25, 0.3) is 10.9 Å². The van der Waals surface area contributed by atoms with Gasteiger partial charge in [-0.05, 0) is 74.5 Å². The van der Waals surface area contributed by atoms with Crippen LogP contribution in [-0.4, -0.2) is 46.9 Å². The average Bonchev–Trinajstić information content (AvgIpc) is 3.36. The summed E-state index contributed by atoms with van der Waals surface area (Å²) >= 11 is 0. The minimum Gasteiger partial charge on any atom is -0.489 e. The van der Waals surface area contributed by atoms with Crippen molar-refractivity contribution in [3.05, 3.63) is 101 Å². The highest BCUT2D eigenvalue weighted by molar-refractivity contribution is 5.98. The normalized spacial score (nSPS) is 16.1. The molecule has 1 atom stereocenters. The molecule has 1 amide bonds. The first-order valence-electron chi connectivity index (χ1n) is 13.4. The van der Waals surface area contributed by atoms with Gasteiger partial charge in [-0.1, -0.05) is 60.2 Å². The van der Waals surface area contributed by atoms with Crippen molar-refractivity contribution in [2.45, 2.75) is 39.8 Å². The summed E-state index contributed by atoms with van der Waals surface area (Å²) in [6, 6.07) is 26.9. The lowest BCUT2D eigenvalue weighted by molar-refractivity contribution is 0.0680. The van der Waals surface area contributed by atoms with Crippen LogP contribution in [-0.2, 0) is 13.2 Å². The van der Waals surface area contributed by atoms with E-state index in [1.807, 2.05) is 47.4 Å². The molecule has 2 heterocycles. The van der Waals surface area contributed by atoms with Gasteiger partial charge in [-0.25, -0.2) is 0 Å². The molecule has 0 spiro atoms. The molecule has 0 saturated carbocycles. The molecule has 37 heavy (non-hydrogen) atoms. The zero-order chi connectivity index (χ0) is 25.6. The number of benzene rings is 3. The summed E-state index contributed by atoms with van der Waals surface area (Å²) < 4.78 is 5.98. The summed E-state index contributed by atoms with van der Waals surface area (Å²) in [6.07, 6.45) is 2.35. The topological polar surface area (TPSA) is 48.6 Å². The Labute approximate surface area is 220 Å². The largest absolute Gasteiger partial charge is 0.489 e. The molecule has 5 heteroatoms. The maximum atomic E-state index is 13.5. The van der Waals surface area contributed by atoms with Crippen LogP contribution in [0.1, 0.15) is 46.9 Å². The number of carbonyl (C=O) groups excluding carboxylic acids is 1. The van der Waals surface area contributed by atoms with Gasteiger partial charge >= 0.3 is 0 Å². The lowest BCUT2D eigenvalue weighted by Crippen LogP contribution is -2.42. The van der Waals surface area contributed by atoms with Gasteiger partial charge in [-0.3, -0.25) is 9.69 Å². The Bertz CT molecular complexity index is 1310. The fourth-order valence-corrected chi connectivity index (χ4v) is 5.29. The molecule has 0 radical (unpaired) electrons. The number of piperidine rings is 1. The van der Waals surface area contributed by atoms with Crippen LogP contribution in [0.2, 0.25) is 0 Å². The number of H-pyrrole nitrogens is 1. The molecule has 0 bridgehead atoms. The molecule has 5 rings (SSSR count). The number of aromatic amines is 1. The van der Waals surface area contributed by atoms with Crippen LogP contribution < -0.4 is 4.74 Å². The number of aryl methyl sites for hydroxylation is 1. The van der Waals surface area contributed by atoms with Gasteiger partial charge in [0.15, 0.2) is 0 Å². The molecule has 3 aromatic carbocycles. The lowest BCUT2D eigenvalue weighted by Gasteiger charge is -2.35. The Hall–Kier alpha value is -3.57. The smallest absolute Gasteiger partial charge is 0.270 e. The van der Waals surface area contributed by atoms with E-state index in [4.69, 9.17) is 4.74 Å². The van der Waals surface area contributed by atoms with Crippen LogP contribution in [0, 0.1) is 12.8 Å². The number of carbonyl (C=O) groups is 1. The summed E-state index contributed by atoms with van der Waals surface area (Å²) in [5, 5.41) is 0.993. The van der Waals surface area contributed by atoms with E-state index in [1.54, 1.807) is 0 Å². The first kappa shape index (κ1) is 25.1. The number of hydrogen-bond donors (Lipinski definition) is 1. The van der Waals surface area contributed by atoms with Gasteiger partial charge in [0.05, 0.1) is 0 Å². The molecule has 1 aromatic heterocycles. The maximum Gasteiger partial charge on any atom is 0.270 e. The second-order valence-corrected chi connectivity index (χ2v) is 10.3. The van der Waals surface area contributed by atoms with E-state index in [1.165, 1.54) is 24.0 Å². The molecular formula is C32H37N3O2. The molecule has 1 unspecified atom stereocenters. The fraction of sp³-hybridized carbons (Fsp3) is 0.344. The Morgan fingerprint density at radius 3 is 2.62 bits per heavy atom. The maximum absolute atomic E-state index is 13.5. The summed E-state index contributed by atoms with van der Waals surface area (Å²) in [5.41, 5.74) is 5.38. The van der Waals surface area contributed by atoms with Gasteiger partial charge in [0.1, 0.15) is 18.1 Å². The summed E-state index contributed by atoms with van der Waals surface area (Å²) in [5.74, 6) is 1.36. The number of nitrogens with one attached hydrogen (secondary N) is 1. The number of ether oxygens (including phenoxy) is 1. The predicted molar refractivity (Wildman–Crippen MR) is 150 cm³/mol. The van der Waals surface area contributed by atoms with Crippen molar-refractivity contribution in [2.75, 3.05) is 26.2 Å². The van der Waals surface area contributed by atoms with Crippen molar-refractivity contribution < 1.29 is 9.53 Å². The summed E-state index contributed by atoms with van der Waals surface area (Å²) in [4.78, 5) is 21.3. The third-order valence-corrected chi connectivity index (χ3v) is 7.35. The third kappa shape index (κ3) is 6.41. The molecule has 1 saturated heterocycles. The SMILES string of the molecule is CCN(CC1CCCN(Cc2ccc(C)cc2)C1)C(=O)c1cc2cc(OCc3ccccc3)ccc2[nH]1. The van der Waals surface area contributed by atoms with Crippen LogP contribution in [0.5, 0.6) is 5.75 Å². The van der Waals surface area contributed by atoms with E-state index in [0.717, 1.165) is 48.4 Å². The van der Waals surface area contributed by atoms with Gasteiger partial charge in [-0.15, -0.1) is 0 Å². The summed E-state index contributed by atoms with van der Waals surface area (Å²) in [6.45, 7) is 9.36. The lowest BCUT2D eigenvalue weighted by atomic mass is 9.96. The first-order chi connectivity index (χ1) is 18.1. The molecule has 5 nitrogen and oxygen atoms in total. The fourth-order valence-electron chi connectivity index (χ4n) is 5.29. The minimum absolute atomic E-state index is 0.0705. The standard InChI is InChI=1S/C32H37N3O2/c1-3-35(22-27-10-7-17-34(21-27)20-25-13-11-24(2)12-14-25)32(36)31-19-28-18-29(15-16-30(28)33-31)37-23-26-8-5-4-6-9-26/h4-6,8-9,11-16,18-19,27,33H,3,7,10,17,20-23H2,1-2H3. The molecule has 1 N–H and O–H groups in total. The van der Waals surface area contributed by atoms with E-state index in [2.05, 4.69) is 60.1 Å². The monoisotopic (exact) mass is 495 g/mol. The van der Waals surface area contributed by atoms with Crippen molar-refractivity contribution in [1.29, 1.82) is 0 Å². The molecule has 1 aliphatic rings. The van der Waals surface area contributed by atoms with E-state index in [-0.39, 0.29) is 5.91 Å². The Morgan fingerprint density at radius 2 is 1.84 bits per heavy atom. The number of rotatable bonds is 9. The van der Waals surface area contributed by atoms with Crippen molar-refractivity contribution in [2.24, 2.45) is 5.92 Å². The number of nitrogens with zero attached hydrogens (tertiary/aromatic N) is 2. The van der Waals surface area contributed by atoms with E-state index >= 15 is 0 Å². The highest BCUT2D eigenvalue weighted by Gasteiger charge is 2.25. The Kier molecular flexibility index (Phi) is 7.90. The number of fused-ring (bicyclic) bond motifs is 1. The first-order valence-corrected chi connectivity index (χ1v) is 13.4. The second kappa shape index (κ2) is 11.7. The van der Waals surface area contributed by atoms with E-state index in [0.29, 0.717) is 24.8 Å². The quantitative estimate of drug-likeness (QED) is 0.291. The highest BCUT2D eigenvalue weighted by Crippen LogP contribution is 2.25. The number of hydrogen-bond acceptors (Lipinski definition) is 3. The van der Waals surface area contributed by atoms with Gasteiger partial charge in [-0.2, -0.15) is 0 Å². The van der Waals surface area contributed by atoms with Crippen molar-refractivity contribution in [3.63, 3.8) is 0 Å². The second-order valence-electron chi connectivity index (χ2n) is 10.3. The van der Waals surface area contributed by atoms with Crippen LogP contribution in [0.4, 0.5) is 0 Å². The van der Waals surface area contributed by atoms with Gasteiger partial charge < -0.3 is 14.6 Å². The number of aromatic nitrogens is 1. The van der Waals surface area contributed by atoms with E-state index < -0.39 is 0 Å². The Balaban J connectivity index is 1.21. The van der Waals surface area contributed by atoms with Crippen molar-refractivity contribution in [3.8, 4) is 5.75 Å². The minimum atomic E-state index is 0.0705. The molecular weight excluding hydrogens is 458 g/mol. The average molecular weight is 496 g/mol. The molecule has 1 fully saturated rings.